The van der Waals surface area contributed by atoms with E-state index >= 15 is 0 Å². The molecule has 3 rings (SSSR count). The van der Waals surface area contributed by atoms with Crippen LogP contribution in [0.2, 0.25) is 0 Å². The van der Waals surface area contributed by atoms with Crippen molar-refractivity contribution in [3.63, 3.8) is 0 Å². The van der Waals surface area contributed by atoms with Gasteiger partial charge in [0.05, 0.1) is 14.2 Å². The molecule has 6 heteroatoms. The van der Waals surface area contributed by atoms with Gasteiger partial charge in [-0.2, -0.15) is 0 Å². The lowest BCUT2D eigenvalue weighted by molar-refractivity contribution is 0.412. The number of rotatable bonds is 9. The van der Waals surface area contributed by atoms with E-state index in [2.05, 4.69) is 41.8 Å². The van der Waals surface area contributed by atoms with Crippen LogP contribution in [0.15, 0.2) is 72.6 Å². The van der Waals surface area contributed by atoms with Crippen LogP contribution >= 0.6 is 0 Å². The molecule has 0 atom stereocenters. The number of aromatic nitrogens is 2. The number of allylic oxidation sites excluding steroid dienone is 3. The van der Waals surface area contributed by atoms with Gasteiger partial charge in [0.2, 0.25) is 0 Å². The predicted molar refractivity (Wildman–Crippen MR) is 140 cm³/mol. The molecule has 180 valence electrons. The summed E-state index contributed by atoms with van der Waals surface area (Å²) in [5.74, 6) is 1.33. The molecule has 0 aliphatic rings. The van der Waals surface area contributed by atoms with Gasteiger partial charge < -0.3 is 14.8 Å². The molecule has 1 heterocycles. The van der Waals surface area contributed by atoms with Crippen molar-refractivity contribution in [2.24, 2.45) is 0 Å². The van der Waals surface area contributed by atoms with Crippen LogP contribution in [0.1, 0.15) is 34.1 Å². The van der Waals surface area contributed by atoms with Crippen molar-refractivity contribution < 1.29 is 13.9 Å². The van der Waals surface area contributed by atoms with Gasteiger partial charge >= 0.3 is 0 Å². The Morgan fingerprint density at radius 3 is 2.47 bits per heavy atom. The Kier molecular flexibility index (Phi) is 10.3. The van der Waals surface area contributed by atoms with Gasteiger partial charge in [0, 0.05) is 23.6 Å². The van der Waals surface area contributed by atoms with Gasteiger partial charge in [-0.25, -0.2) is 14.4 Å². The zero-order valence-electron chi connectivity index (χ0n) is 20.9. The molecule has 0 spiro atoms. The van der Waals surface area contributed by atoms with E-state index in [-0.39, 0.29) is 5.82 Å². The van der Waals surface area contributed by atoms with Gasteiger partial charge in [0.15, 0.2) is 0 Å². The molecule has 5 nitrogen and oxygen atoms in total. The highest BCUT2D eigenvalue weighted by Crippen LogP contribution is 2.37. The van der Waals surface area contributed by atoms with Crippen LogP contribution in [-0.4, -0.2) is 30.7 Å². The van der Waals surface area contributed by atoms with Crippen LogP contribution in [0.25, 0.3) is 22.0 Å². The van der Waals surface area contributed by atoms with Crippen molar-refractivity contribution in [3.05, 3.63) is 78.4 Å². The maximum Gasteiger partial charge on any atom is 0.145 e. The summed E-state index contributed by atoms with van der Waals surface area (Å²) in [4.78, 5) is 8.82. The van der Waals surface area contributed by atoms with Crippen molar-refractivity contribution in [1.29, 1.82) is 0 Å². The Labute approximate surface area is 202 Å². The number of nitrogens with zero attached hydrogens (tertiary/aromatic N) is 2. The summed E-state index contributed by atoms with van der Waals surface area (Å²) >= 11 is 0. The van der Waals surface area contributed by atoms with Crippen LogP contribution in [-0.2, 0) is 0 Å². The molecule has 0 radical (unpaired) electrons. The Bertz CT molecular complexity index is 1190. The molecule has 3 aromatic rings. The fraction of sp³-hybridized carbons (Fsp3) is 0.286. The van der Waals surface area contributed by atoms with Gasteiger partial charge in [-0.3, -0.25) is 0 Å². The monoisotopic (exact) mass is 463 g/mol. The van der Waals surface area contributed by atoms with E-state index in [1.54, 1.807) is 13.2 Å². The minimum absolute atomic E-state index is 0.361. The Morgan fingerprint density at radius 1 is 1.06 bits per heavy atom. The smallest absolute Gasteiger partial charge is 0.145 e. The topological polar surface area (TPSA) is 56.3 Å². The molecule has 34 heavy (non-hydrogen) atoms. The van der Waals surface area contributed by atoms with Crippen LogP contribution in [0, 0.1) is 5.82 Å². The Balaban J connectivity index is 0.00000199. The second kappa shape index (κ2) is 13.1. The molecular weight excluding hydrogens is 429 g/mol. The minimum Gasteiger partial charge on any atom is -0.496 e. The van der Waals surface area contributed by atoms with Gasteiger partial charge in [-0.15, -0.1) is 0 Å². The van der Waals surface area contributed by atoms with E-state index in [0.29, 0.717) is 29.4 Å². The number of hydrogen-bond donors (Lipinski definition) is 1. The van der Waals surface area contributed by atoms with Crippen molar-refractivity contribution in [2.75, 3.05) is 26.1 Å². The average molecular weight is 464 g/mol. The first-order valence-corrected chi connectivity index (χ1v) is 11.4. The van der Waals surface area contributed by atoms with Crippen LogP contribution in [0.5, 0.6) is 11.5 Å². The number of fused-ring (bicyclic) bond motifs is 1. The summed E-state index contributed by atoms with van der Waals surface area (Å²) in [7, 11) is 3.11. The maximum atomic E-state index is 13.7. The number of ether oxygens (including phenoxy) is 2. The van der Waals surface area contributed by atoms with E-state index in [4.69, 9.17) is 9.47 Å². The lowest BCUT2D eigenvalue weighted by atomic mass is 10.0. The maximum absolute atomic E-state index is 13.7. The SMILES string of the molecule is C=C(/C=C\C(C)=C\CC)CNc1ncnc2c(OC)cc(-c3ccc(F)cc3OC)cc12.CC. The molecule has 0 bridgehead atoms. The van der Waals surface area contributed by atoms with Gasteiger partial charge in [0.1, 0.15) is 35.0 Å². The quantitative estimate of drug-likeness (QED) is 0.336. The second-order valence-corrected chi connectivity index (χ2v) is 7.34. The molecule has 1 aromatic heterocycles. The highest BCUT2D eigenvalue weighted by molar-refractivity contribution is 5.97. The molecule has 0 saturated carbocycles. The number of methoxy groups -OCH3 is 2. The number of nitrogens with one attached hydrogen (secondary N) is 1. The normalized spacial score (nSPS) is 11.2. The third kappa shape index (κ3) is 6.67. The van der Waals surface area contributed by atoms with E-state index in [0.717, 1.165) is 28.5 Å². The highest BCUT2D eigenvalue weighted by atomic mass is 19.1. The molecule has 0 unspecified atom stereocenters. The molecule has 0 aliphatic heterocycles. The van der Waals surface area contributed by atoms with Gasteiger partial charge in [0.25, 0.3) is 0 Å². The van der Waals surface area contributed by atoms with E-state index in [1.165, 1.54) is 31.1 Å². The molecule has 0 amide bonds. The third-order valence-corrected chi connectivity index (χ3v) is 4.99. The first-order chi connectivity index (χ1) is 16.5. The summed E-state index contributed by atoms with van der Waals surface area (Å²) in [6.45, 7) is 12.8. The average Bonchev–Trinajstić information content (AvgIpc) is 2.86. The summed E-state index contributed by atoms with van der Waals surface area (Å²) in [5, 5.41) is 4.13. The van der Waals surface area contributed by atoms with E-state index in [9.17, 15) is 4.39 Å². The molecule has 0 saturated heterocycles. The summed E-state index contributed by atoms with van der Waals surface area (Å²) in [6.07, 6.45) is 8.70. The van der Waals surface area contributed by atoms with Crippen LogP contribution in [0.3, 0.4) is 0 Å². The van der Waals surface area contributed by atoms with Crippen LogP contribution in [0.4, 0.5) is 10.2 Å². The number of hydrogen-bond acceptors (Lipinski definition) is 5. The van der Waals surface area contributed by atoms with Gasteiger partial charge in [-0.1, -0.05) is 51.2 Å². The number of anilines is 1. The number of halogens is 1. The third-order valence-electron chi connectivity index (χ3n) is 4.99. The van der Waals surface area contributed by atoms with Crippen LogP contribution < -0.4 is 14.8 Å². The zero-order valence-corrected chi connectivity index (χ0v) is 20.9. The van der Waals surface area contributed by atoms with Gasteiger partial charge in [-0.05, 0) is 48.7 Å². The molecule has 1 N–H and O–H groups in total. The largest absolute Gasteiger partial charge is 0.496 e. The number of benzene rings is 2. The van der Waals surface area contributed by atoms with E-state index in [1.807, 2.05) is 38.1 Å². The van der Waals surface area contributed by atoms with E-state index < -0.39 is 0 Å². The first-order valence-electron chi connectivity index (χ1n) is 11.4. The summed E-state index contributed by atoms with van der Waals surface area (Å²) in [6, 6.07) is 8.25. The molecular formula is C28H34FN3O2. The summed E-state index contributed by atoms with van der Waals surface area (Å²) < 4.78 is 24.7. The first kappa shape index (κ1) is 26.6. The zero-order chi connectivity index (χ0) is 25.1. The fourth-order valence-electron chi connectivity index (χ4n) is 3.39. The standard InChI is InChI=1S/C26H28FN3O2.C2H6/c1-6-7-17(2)8-9-18(3)15-28-26-22-12-19(13-24(32-5)25(22)29-16-30-26)21-11-10-20(27)14-23(21)31-4;1-2/h7-14,16H,3,6,15H2,1-2,4-5H3,(H,28,29,30);1-2H3/b9-8-,17-7+;. The van der Waals surface area contributed by atoms with Crippen molar-refractivity contribution >= 4 is 16.7 Å². The fourth-order valence-corrected chi connectivity index (χ4v) is 3.39. The lowest BCUT2D eigenvalue weighted by Crippen LogP contribution is -2.06. The minimum atomic E-state index is -0.361. The summed E-state index contributed by atoms with van der Waals surface area (Å²) in [5.41, 5.74) is 4.35. The molecule has 0 aliphatic carbocycles. The Morgan fingerprint density at radius 2 is 1.79 bits per heavy atom. The van der Waals surface area contributed by atoms with Crippen molar-refractivity contribution in [1.82, 2.24) is 9.97 Å². The molecule has 0 fully saturated rings. The lowest BCUT2D eigenvalue weighted by Gasteiger charge is -2.14. The molecule has 2 aromatic carbocycles. The van der Waals surface area contributed by atoms with Crippen molar-refractivity contribution in [2.45, 2.75) is 34.1 Å². The second-order valence-electron chi connectivity index (χ2n) is 7.34. The predicted octanol–water partition coefficient (Wildman–Crippen LogP) is 7.36. The highest BCUT2D eigenvalue weighted by Gasteiger charge is 2.15. The van der Waals surface area contributed by atoms with Crippen molar-refractivity contribution in [3.8, 4) is 22.6 Å². The Hall–Kier alpha value is -3.67.